The Morgan fingerprint density at radius 3 is 2.42 bits per heavy atom. The van der Waals surface area contributed by atoms with E-state index in [0.717, 1.165) is 34.4 Å². The topological polar surface area (TPSA) is 35.5 Å². The van der Waals surface area contributed by atoms with Crippen LogP contribution in [0, 0.1) is 18.8 Å². The number of rotatable bonds is 6. The second-order valence-electron chi connectivity index (χ2n) is 7.14. The number of carbonyl (C=O) groups is 1. The van der Waals surface area contributed by atoms with Crippen LogP contribution in [0.2, 0.25) is 0 Å². The molecule has 0 saturated carbocycles. The molecule has 0 unspecified atom stereocenters. The number of carbonyl (C=O) groups excluding carboxylic acids is 1. The number of ether oxygens (including phenoxy) is 2. The van der Waals surface area contributed by atoms with E-state index in [1.54, 1.807) is 12.1 Å². The highest BCUT2D eigenvalue weighted by Gasteiger charge is 2.06. The van der Waals surface area contributed by atoms with Crippen LogP contribution < -0.4 is 4.74 Å². The number of hydrogen-bond acceptors (Lipinski definition) is 3. The molecule has 0 spiro atoms. The van der Waals surface area contributed by atoms with Crippen molar-refractivity contribution in [2.24, 2.45) is 0 Å². The summed E-state index contributed by atoms with van der Waals surface area (Å²) in [5, 5.41) is 0. The van der Waals surface area contributed by atoms with Gasteiger partial charge in [-0.1, -0.05) is 54.7 Å². The Hall–Kier alpha value is -3.77. The smallest absolute Gasteiger partial charge is 0.337 e. The maximum Gasteiger partial charge on any atom is 0.337 e. The molecule has 0 N–H and O–H groups in total. The molecule has 0 aliphatic heterocycles. The Bertz CT molecular complexity index is 1110. The van der Waals surface area contributed by atoms with Gasteiger partial charge in [-0.15, -0.1) is 0 Å². The molecule has 3 nitrogen and oxygen atoms in total. The van der Waals surface area contributed by atoms with E-state index in [1.165, 1.54) is 12.7 Å². The van der Waals surface area contributed by atoms with E-state index in [-0.39, 0.29) is 5.97 Å². The van der Waals surface area contributed by atoms with Crippen LogP contribution in [0.25, 0.3) is 17.2 Å². The van der Waals surface area contributed by atoms with E-state index in [0.29, 0.717) is 12.2 Å². The van der Waals surface area contributed by atoms with E-state index < -0.39 is 0 Å². The average molecular weight is 411 g/mol. The third-order valence-corrected chi connectivity index (χ3v) is 4.73. The normalized spacial score (nSPS) is 10.4. The SMILES string of the molecule is CCCOc1ccc(-c2ccc(C)cc2)c(C=CC#Cc2ccc(C(=O)OC)cc2)c1. The average Bonchev–Trinajstić information content (AvgIpc) is 2.81. The molecular formula is C28H26O3. The lowest BCUT2D eigenvalue weighted by atomic mass is 9.98. The Morgan fingerprint density at radius 1 is 1.00 bits per heavy atom. The van der Waals surface area contributed by atoms with Crippen LogP contribution in [0.5, 0.6) is 5.75 Å². The number of methoxy groups -OCH3 is 1. The molecule has 0 heterocycles. The van der Waals surface area contributed by atoms with Crippen molar-refractivity contribution in [3.8, 4) is 28.7 Å². The van der Waals surface area contributed by atoms with E-state index in [9.17, 15) is 4.79 Å². The first-order valence-corrected chi connectivity index (χ1v) is 10.3. The zero-order valence-corrected chi connectivity index (χ0v) is 18.1. The van der Waals surface area contributed by atoms with Crippen molar-refractivity contribution in [2.75, 3.05) is 13.7 Å². The Balaban J connectivity index is 1.84. The van der Waals surface area contributed by atoms with Crippen LogP contribution in [0.4, 0.5) is 0 Å². The highest BCUT2D eigenvalue weighted by Crippen LogP contribution is 2.29. The fraction of sp³-hybridized carbons (Fsp3) is 0.179. The fourth-order valence-corrected chi connectivity index (χ4v) is 3.05. The van der Waals surface area contributed by atoms with Crippen molar-refractivity contribution in [2.45, 2.75) is 20.3 Å². The van der Waals surface area contributed by atoms with Gasteiger partial charge in [-0.3, -0.25) is 0 Å². The number of allylic oxidation sites excluding steroid dienone is 1. The highest BCUT2D eigenvalue weighted by atomic mass is 16.5. The van der Waals surface area contributed by atoms with Crippen LogP contribution in [-0.2, 0) is 4.74 Å². The molecule has 3 aromatic rings. The predicted octanol–water partition coefficient (Wildman–Crippen LogP) is 6.30. The van der Waals surface area contributed by atoms with Gasteiger partial charge in [0.1, 0.15) is 5.75 Å². The van der Waals surface area contributed by atoms with Gasteiger partial charge in [0, 0.05) is 5.56 Å². The van der Waals surface area contributed by atoms with Gasteiger partial charge in [0.15, 0.2) is 0 Å². The van der Waals surface area contributed by atoms with Gasteiger partial charge < -0.3 is 9.47 Å². The molecule has 3 rings (SSSR count). The molecule has 3 aromatic carbocycles. The maximum atomic E-state index is 11.5. The lowest BCUT2D eigenvalue weighted by Gasteiger charge is -2.11. The van der Waals surface area contributed by atoms with Crippen molar-refractivity contribution in [3.63, 3.8) is 0 Å². The molecule has 0 amide bonds. The van der Waals surface area contributed by atoms with Crippen LogP contribution in [-0.4, -0.2) is 19.7 Å². The van der Waals surface area contributed by atoms with Gasteiger partial charge in [-0.25, -0.2) is 4.79 Å². The third-order valence-electron chi connectivity index (χ3n) is 4.73. The summed E-state index contributed by atoms with van der Waals surface area (Å²) < 4.78 is 10.5. The van der Waals surface area contributed by atoms with Gasteiger partial charge in [-0.05, 0) is 78.6 Å². The number of aryl methyl sites for hydroxylation is 1. The first-order valence-electron chi connectivity index (χ1n) is 10.3. The largest absolute Gasteiger partial charge is 0.494 e. The minimum atomic E-state index is -0.354. The summed E-state index contributed by atoms with van der Waals surface area (Å²) in [6.07, 6.45) is 4.81. The summed E-state index contributed by atoms with van der Waals surface area (Å²) in [5.74, 6) is 6.67. The Kier molecular flexibility index (Phi) is 7.67. The summed E-state index contributed by atoms with van der Waals surface area (Å²) in [6.45, 7) is 4.86. The molecule has 0 radical (unpaired) electrons. The Morgan fingerprint density at radius 2 is 1.74 bits per heavy atom. The molecule has 3 heteroatoms. The highest BCUT2D eigenvalue weighted by molar-refractivity contribution is 5.89. The lowest BCUT2D eigenvalue weighted by molar-refractivity contribution is 0.0600. The molecule has 156 valence electrons. The molecule has 0 aromatic heterocycles. The molecule has 0 fully saturated rings. The number of hydrogen-bond donors (Lipinski definition) is 0. The lowest BCUT2D eigenvalue weighted by Crippen LogP contribution is -2.00. The van der Waals surface area contributed by atoms with Gasteiger partial charge >= 0.3 is 5.97 Å². The number of esters is 1. The minimum absolute atomic E-state index is 0.354. The van der Waals surface area contributed by atoms with Crippen molar-refractivity contribution in [3.05, 3.63) is 95.1 Å². The molecule has 0 aliphatic carbocycles. The second kappa shape index (κ2) is 10.8. The van der Waals surface area contributed by atoms with E-state index in [4.69, 9.17) is 9.47 Å². The summed E-state index contributed by atoms with van der Waals surface area (Å²) in [6, 6.07) is 21.7. The molecule has 0 atom stereocenters. The van der Waals surface area contributed by atoms with Crippen LogP contribution in [0.1, 0.15) is 40.4 Å². The van der Waals surface area contributed by atoms with E-state index >= 15 is 0 Å². The zero-order valence-electron chi connectivity index (χ0n) is 18.1. The second-order valence-corrected chi connectivity index (χ2v) is 7.14. The first-order chi connectivity index (χ1) is 15.1. The summed E-state index contributed by atoms with van der Waals surface area (Å²) >= 11 is 0. The van der Waals surface area contributed by atoms with Crippen LogP contribution >= 0.6 is 0 Å². The van der Waals surface area contributed by atoms with Gasteiger partial charge in [0.2, 0.25) is 0 Å². The quantitative estimate of drug-likeness (QED) is 0.353. The molecule has 0 bridgehead atoms. The van der Waals surface area contributed by atoms with Crippen molar-refractivity contribution in [1.29, 1.82) is 0 Å². The fourth-order valence-electron chi connectivity index (χ4n) is 3.05. The van der Waals surface area contributed by atoms with Gasteiger partial charge in [-0.2, -0.15) is 0 Å². The minimum Gasteiger partial charge on any atom is -0.494 e. The predicted molar refractivity (Wildman–Crippen MR) is 126 cm³/mol. The Labute approximate surface area is 184 Å². The number of benzene rings is 3. The van der Waals surface area contributed by atoms with Gasteiger partial charge in [0.25, 0.3) is 0 Å². The monoisotopic (exact) mass is 410 g/mol. The zero-order chi connectivity index (χ0) is 22.1. The first kappa shape index (κ1) is 21.9. The summed E-state index contributed by atoms with van der Waals surface area (Å²) in [4.78, 5) is 11.5. The molecule has 31 heavy (non-hydrogen) atoms. The maximum absolute atomic E-state index is 11.5. The van der Waals surface area contributed by atoms with Gasteiger partial charge in [0.05, 0.1) is 19.3 Å². The van der Waals surface area contributed by atoms with Crippen molar-refractivity contribution < 1.29 is 14.3 Å². The van der Waals surface area contributed by atoms with E-state index in [1.807, 2.05) is 36.4 Å². The summed E-state index contributed by atoms with van der Waals surface area (Å²) in [5.41, 5.74) is 5.90. The van der Waals surface area contributed by atoms with Crippen molar-refractivity contribution >= 4 is 12.0 Å². The molecule has 0 saturated heterocycles. The van der Waals surface area contributed by atoms with Crippen LogP contribution in [0.3, 0.4) is 0 Å². The van der Waals surface area contributed by atoms with E-state index in [2.05, 4.69) is 56.0 Å². The van der Waals surface area contributed by atoms with Crippen molar-refractivity contribution in [1.82, 2.24) is 0 Å². The molecular weight excluding hydrogens is 384 g/mol. The summed E-state index contributed by atoms with van der Waals surface area (Å²) in [7, 11) is 1.37. The van der Waals surface area contributed by atoms with Crippen LogP contribution in [0.15, 0.2) is 72.8 Å². The molecule has 0 aliphatic rings. The standard InChI is InChI=1S/C28H26O3/c1-4-19-31-26-17-18-27(23-13-9-21(2)10-14-23)25(20-26)8-6-5-7-22-11-15-24(16-12-22)28(29)30-3/h6,8-18,20H,4,19H2,1-3H3. The third kappa shape index (κ3) is 6.10.